The number of aliphatic hydroxyl groups is 1. The molecule has 1 unspecified atom stereocenters. The summed E-state index contributed by atoms with van der Waals surface area (Å²) in [5, 5.41) is 19.3. The highest BCUT2D eigenvalue weighted by Crippen LogP contribution is 2.34. The average Bonchev–Trinajstić information content (AvgIpc) is 3.21. The topological polar surface area (TPSA) is 113 Å². The summed E-state index contributed by atoms with van der Waals surface area (Å²) in [6.07, 6.45) is 5.01. The number of aryl methyl sites for hydroxylation is 1. The van der Waals surface area contributed by atoms with Crippen LogP contribution in [0.1, 0.15) is 36.4 Å². The van der Waals surface area contributed by atoms with Crippen molar-refractivity contribution in [1.29, 1.82) is 0 Å². The van der Waals surface area contributed by atoms with Crippen molar-refractivity contribution in [2.45, 2.75) is 45.0 Å². The van der Waals surface area contributed by atoms with Gasteiger partial charge < -0.3 is 21.1 Å². The predicted octanol–water partition coefficient (Wildman–Crippen LogP) is 2.37. The standard InChI is InChI=1S/C24H33N7O2/c1-16-12-19(15-26-22(16)25)28-23(32)24(33)30-9-5-4-6-20(30)17-7-8-21-18(13-17)14-27-31(21)11-10-29(2)3/h7-8,12-15,20,24,33H,4-6,9-11H2,1-3H3,(H2,25,26)(H,28,32)/t20-,24?/m0/s1. The molecule has 1 aromatic carbocycles. The number of hydrogen-bond donors (Lipinski definition) is 3. The molecule has 4 rings (SSSR count). The number of aliphatic hydroxyl groups excluding tert-OH is 1. The molecule has 0 aliphatic carbocycles. The van der Waals surface area contributed by atoms with Crippen LogP contribution in [-0.4, -0.2) is 69.0 Å². The molecule has 0 radical (unpaired) electrons. The molecule has 3 heterocycles. The Hall–Kier alpha value is -3.01. The number of hydrogen-bond acceptors (Lipinski definition) is 7. The lowest BCUT2D eigenvalue weighted by Crippen LogP contribution is -2.47. The monoisotopic (exact) mass is 451 g/mol. The maximum absolute atomic E-state index is 12.8. The first kappa shape index (κ1) is 23.2. The van der Waals surface area contributed by atoms with E-state index in [4.69, 9.17) is 5.73 Å². The van der Waals surface area contributed by atoms with Crippen LogP contribution < -0.4 is 11.1 Å². The fourth-order valence-corrected chi connectivity index (χ4v) is 4.40. The van der Waals surface area contributed by atoms with E-state index < -0.39 is 12.1 Å². The van der Waals surface area contributed by atoms with Gasteiger partial charge in [-0.3, -0.25) is 14.4 Å². The van der Waals surface area contributed by atoms with Crippen molar-refractivity contribution in [3.63, 3.8) is 0 Å². The normalized spacial score (nSPS) is 18.0. The predicted molar refractivity (Wildman–Crippen MR) is 130 cm³/mol. The third kappa shape index (κ3) is 5.16. The quantitative estimate of drug-likeness (QED) is 0.505. The molecule has 1 aliphatic rings. The van der Waals surface area contributed by atoms with Gasteiger partial charge in [0.15, 0.2) is 6.23 Å². The number of nitrogens with two attached hydrogens (primary N) is 1. The molecule has 1 aliphatic heterocycles. The van der Waals surface area contributed by atoms with E-state index in [1.165, 1.54) is 6.20 Å². The minimum absolute atomic E-state index is 0.0414. The summed E-state index contributed by atoms with van der Waals surface area (Å²) >= 11 is 0. The molecule has 0 bridgehead atoms. The first-order valence-corrected chi connectivity index (χ1v) is 11.4. The van der Waals surface area contributed by atoms with Crippen molar-refractivity contribution in [3.05, 3.63) is 47.8 Å². The first-order valence-electron chi connectivity index (χ1n) is 11.4. The van der Waals surface area contributed by atoms with Gasteiger partial charge in [-0.1, -0.05) is 12.5 Å². The Morgan fingerprint density at radius 2 is 2.12 bits per heavy atom. The minimum atomic E-state index is -1.26. The second-order valence-electron chi connectivity index (χ2n) is 9.03. The van der Waals surface area contributed by atoms with Gasteiger partial charge >= 0.3 is 0 Å². The van der Waals surface area contributed by atoms with Gasteiger partial charge in [-0.2, -0.15) is 5.10 Å². The molecule has 9 heteroatoms. The van der Waals surface area contributed by atoms with Gasteiger partial charge in [0, 0.05) is 24.5 Å². The highest BCUT2D eigenvalue weighted by atomic mass is 16.3. The molecule has 176 valence electrons. The number of piperidine rings is 1. The van der Waals surface area contributed by atoms with Crippen molar-refractivity contribution in [3.8, 4) is 0 Å². The van der Waals surface area contributed by atoms with Gasteiger partial charge in [-0.05, 0) is 63.2 Å². The number of nitrogens with one attached hydrogen (secondary N) is 1. The number of amides is 1. The van der Waals surface area contributed by atoms with Gasteiger partial charge in [0.1, 0.15) is 5.82 Å². The third-order valence-corrected chi connectivity index (χ3v) is 6.29. The molecule has 0 spiro atoms. The number of carbonyl (C=O) groups is 1. The number of nitrogen functional groups attached to an aromatic ring is 1. The summed E-state index contributed by atoms with van der Waals surface area (Å²) in [6.45, 7) is 4.22. The lowest BCUT2D eigenvalue weighted by Gasteiger charge is -2.38. The van der Waals surface area contributed by atoms with E-state index in [0.717, 1.165) is 54.4 Å². The van der Waals surface area contributed by atoms with Crippen molar-refractivity contribution in [2.75, 3.05) is 38.2 Å². The van der Waals surface area contributed by atoms with E-state index in [0.29, 0.717) is 18.1 Å². The first-order chi connectivity index (χ1) is 15.8. The molecule has 2 aromatic heterocycles. The van der Waals surface area contributed by atoms with Crippen molar-refractivity contribution < 1.29 is 9.90 Å². The van der Waals surface area contributed by atoms with Crippen LogP contribution in [0.3, 0.4) is 0 Å². The van der Waals surface area contributed by atoms with Gasteiger partial charge in [-0.25, -0.2) is 4.98 Å². The zero-order valence-electron chi connectivity index (χ0n) is 19.5. The Bertz CT molecular complexity index is 1130. The fraction of sp³-hybridized carbons (Fsp3) is 0.458. The minimum Gasteiger partial charge on any atom is -0.383 e. The maximum Gasteiger partial charge on any atom is 0.268 e. The molecule has 0 saturated carbocycles. The summed E-state index contributed by atoms with van der Waals surface area (Å²) in [4.78, 5) is 20.9. The number of anilines is 2. The van der Waals surface area contributed by atoms with Gasteiger partial charge in [0.05, 0.1) is 30.1 Å². The zero-order valence-corrected chi connectivity index (χ0v) is 19.5. The van der Waals surface area contributed by atoms with Crippen LogP contribution in [0.15, 0.2) is 36.7 Å². The molecule has 9 nitrogen and oxygen atoms in total. The Balaban J connectivity index is 1.52. The second kappa shape index (κ2) is 9.86. The summed E-state index contributed by atoms with van der Waals surface area (Å²) in [5.41, 5.74) is 9.23. The fourth-order valence-electron chi connectivity index (χ4n) is 4.40. The highest BCUT2D eigenvalue weighted by Gasteiger charge is 2.33. The second-order valence-corrected chi connectivity index (χ2v) is 9.03. The number of rotatable bonds is 7. The largest absolute Gasteiger partial charge is 0.383 e. The van der Waals surface area contributed by atoms with Crippen LogP contribution in [0.4, 0.5) is 11.5 Å². The molecule has 4 N–H and O–H groups in total. The maximum atomic E-state index is 12.8. The van der Waals surface area contributed by atoms with Crippen molar-refractivity contribution in [2.24, 2.45) is 0 Å². The smallest absolute Gasteiger partial charge is 0.268 e. The van der Waals surface area contributed by atoms with Gasteiger partial charge in [0.2, 0.25) is 0 Å². The molecule has 33 heavy (non-hydrogen) atoms. The lowest BCUT2D eigenvalue weighted by molar-refractivity contribution is -0.138. The van der Waals surface area contributed by atoms with E-state index in [1.807, 2.05) is 36.8 Å². The Morgan fingerprint density at radius 1 is 1.30 bits per heavy atom. The van der Waals surface area contributed by atoms with E-state index in [2.05, 4.69) is 38.5 Å². The number of fused-ring (bicyclic) bond motifs is 1. The summed E-state index contributed by atoms with van der Waals surface area (Å²) in [7, 11) is 4.10. The molecule has 2 atom stereocenters. The van der Waals surface area contributed by atoms with E-state index in [-0.39, 0.29) is 6.04 Å². The Labute approximate surface area is 194 Å². The number of aromatic nitrogens is 3. The van der Waals surface area contributed by atoms with E-state index in [9.17, 15) is 9.90 Å². The summed E-state index contributed by atoms with van der Waals surface area (Å²) in [5.74, 6) is -0.0458. The van der Waals surface area contributed by atoms with E-state index in [1.54, 1.807) is 6.07 Å². The molecule has 1 fully saturated rings. The Kier molecular flexibility index (Phi) is 6.92. The molecular formula is C24H33N7O2. The number of nitrogens with zero attached hydrogens (tertiary/aromatic N) is 5. The van der Waals surface area contributed by atoms with Gasteiger partial charge in [-0.15, -0.1) is 0 Å². The van der Waals surface area contributed by atoms with Crippen molar-refractivity contribution in [1.82, 2.24) is 24.6 Å². The number of benzene rings is 1. The Morgan fingerprint density at radius 3 is 2.88 bits per heavy atom. The lowest BCUT2D eigenvalue weighted by atomic mass is 9.94. The van der Waals surface area contributed by atoms with Crippen LogP contribution >= 0.6 is 0 Å². The molecule has 1 saturated heterocycles. The third-order valence-electron chi connectivity index (χ3n) is 6.29. The SMILES string of the molecule is Cc1cc(NC(=O)C(O)N2CCCC[C@H]2c2ccc3c(cnn3CCN(C)C)c2)cnc1N. The highest BCUT2D eigenvalue weighted by molar-refractivity contribution is 5.93. The molecule has 1 amide bonds. The number of likely N-dealkylation sites (N-methyl/N-ethyl adjacent to an activating group) is 1. The van der Waals surface area contributed by atoms with Crippen LogP contribution in [0, 0.1) is 6.92 Å². The number of pyridine rings is 1. The average molecular weight is 452 g/mol. The van der Waals surface area contributed by atoms with Crippen LogP contribution in [0.5, 0.6) is 0 Å². The number of likely N-dealkylation sites (tertiary alicyclic amines) is 1. The number of carbonyl (C=O) groups excluding carboxylic acids is 1. The van der Waals surface area contributed by atoms with Crippen LogP contribution in [-0.2, 0) is 11.3 Å². The zero-order chi connectivity index (χ0) is 23.5. The van der Waals surface area contributed by atoms with Gasteiger partial charge in [0.25, 0.3) is 5.91 Å². The van der Waals surface area contributed by atoms with E-state index >= 15 is 0 Å². The summed E-state index contributed by atoms with van der Waals surface area (Å²) in [6, 6.07) is 8.03. The summed E-state index contributed by atoms with van der Waals surface area (Å²) < 4.78 is 2.02. The molecule has 3 aromatic rings. The molecular weight excluding hydrogens is 418 g/mol. The van der Waals surface area contributed by atoms with Crippen molar-refractivity contribution >= 4 is 28.3 Å². The van der Waals surface area contributed by atoms with Crippen LogP contribution in [0.25, 0.3) is 10.9 Å². The van der Waals surface area contributed by atoms with Crippen LogP contribution in [0.2, 0.25) is 0 Å².